The third-order valence-corrected chi connectivity index (χ3v) is 5.25. The highest BCUT2D eigenvalue weighted by molar-refractivity contribution is 6.44. The lowest BCUT2D eigenvalue weighted by molar-refractivity contribution is -0.130. The van der Waals surface area contributed by atoms with E-state index in [9.17, 15) is 14.4 Å². The van der Waals surface area contributed by atoms with Crippen molar-refractivity contribution < 1.29 is 9.59 Å². The largest absolute Gasteiger partial charge is 0.347 e. The number of fused-ring (bicyclic) bond motifs is 1. The van der Waals surface area contributed by atoms with E-state index in [-0.39, 0.29) is 22.4 Å². The van der Waals surface area contributed by atoms with Gasteiger partial charge in [-0.1, -0.05) is 30.3 Å². The summed E-state index contributed by atoms with van der Waals surface area (Å²) in [7, 11) is 0. The number of ketones is 1. The molecular weight excluding hydrogens is 356 g/mol. The van der Waals surface area contributed by atoms with Crippen molar-refractivity contribution in [3.63, 3.8) is 0 Å². The predicted molar refractivity (Wildman–Crippen MR) is 106 cm³/mol. The lowest BCUT2D eigenvalue weighted by Crippen LogP contribution is -2.55. The molecule has 144 valence electrons. The normalized spacial score (nSPS) is 17.8. The number of rotatable bonds is 4. The van der Waals surface area contributed by atoms with Gasteiger partial charge < -0.3 is 14.9 Å². The van der Waals surface area contributed by atoms with Gasteiger partial charge in [-0.3, -0.25) is 19.3 Å². The van der Waals surface area contributed by atoms with Crippen molar-refractivity contribution in [3.8, 4) is 0 Å². The molecule has 0 bridgehead atoms. The van der Waals surface area contributed by atoms with Gasteiger partial charge in [-0.2, -0.15) is 0 Å². The molecule has 3 aromatic rings. The van der Waals surface area contributed by atoms with Crippen LogP contribution >= 0.6 is 0 Å². The van der Waals surface area contributed by atoms with Crippen LogP contribution in [0.2, 0.25) is 0 Å². The molecule has 0 spiro atoms. The maximum atomic E-state index is 12.9. The summed E-state index contributed by atoms with van der Waals surface area (Å²) in [5, 5.41) is 0.233. The van der Waals surface area contributed by atoms with Crippen LogP contribution in [0.25, 0.3) is 11.0 Å². The second-order valence-electron chi connectivity index (χ2n) is 7.19. The number of hydrogen-bond donors (Lipinski definition) is 2. The summed E-state index contributed by atoms with van der Waals surface area (Å²) in [6.45, 7) is 4.65. The SMILES string of the molecule is C[C@@H]1CN(Cc2ccccc2)CCN1C(=O)C(=O)c1c[nH]c2[nH]ccc(=O)c12. The van der Waals surface area contributed by atoms with Crippen LogP contribution in [-0.2, 0) is 11.3 Å². The molecule has 7 heteroatoms. The van der Waals surface area contributed by atoms with Gasteiger partial charge in [-0.05, 0) is 12.5 Å². The number of aromatic nitrogens is 2. The second-order valence-corrected chi connectivity index (χ2v) is 7.19. The number of Topliss-reactive ketones (excluding diaryl/α,β-unsaturated/α-hetero) is 1. The number of nitrogens with zero attached hydrogens (tertiary/aromatic N) is 2. The maximum absolute atomic E-state index is 12.9. The minimum Gasteiger partial charge on any atom is -0.347 e. The Kier molecular flexibility index (Phi) is 4.83. The van der Waals surface area contributed by atoms with E-state index in [1.54, 1.807) is 4.90 Å². The molecule has 1 aliphatic heterocycles. The number of piperazine rings is 1. The van der Waals surface area contributed by atoms with E-state index in [1.165, 1.54) is 24.0 Å². The molecule has 2 N–H and O–H groups in total. The number of benzene rings is 1. The lowest BCUT2D eigenvalue weighted by Gasteiger charge is -2.39. The highest BCUT2D eigenvalue weighted by Gasteiger charge is 2.32. The molecule has 3 heterocycles. The molecule has 2 aromatic heterocycles. The van der Waals surface area contributed by atoms with Crippen LogP contribution in [0.5, 0.6) is 0 Å². The third kappa shape index (κ3) is 3.36. The molecule has 1 amide bonds. The molecular formula is C21H22N4O3. The van der Waals surface area contributed by atoms with E-state index >= 15 is 0 Å². The maximum Gasteiger partial charge on any atom is 0.295 e. The van der Waals surface area contributed by atoms with Crippen LogP contribution in [0.1, 0.15) is 22.8 Å². The number of carbonyl (C=O) groups is 2. The first kappa shape index (κ1) is 18.2. The number of amides is 1. The van der Waals surface area contributed by atoms with Crippen LogP contribution < -0.4 is 5.43 Å². The van der Waals surface area contributed by atoms with Gasteiger partial charge in [-0.15, -0.1) is 0 Å². The zero-order chi connectivity index (χ0) is 19.7. The molecule has 0 unspecified atom stereocenters. The van der Waals surface area contributed by atoms with Gasteiger partial charge in [0, 0.05) is 50.7 Å². The van der Waals surface area contributed by atoms with Crippen molar-refractivity contribution in [1.82, 2.24) is 19.8 Å². The number of H-pyrrole nitrogens is 2. The number of nitrogens with one attached hydrogen (secondary N) is 2. The molecule has 1 aromatic carbocycles. The summed E-state index contributed by atoms with van der Waals surface area (Å²) in [5.74, 6) is -1.21. The Morgan fingerprint density at radius 1 is 1.11 bits per heavy atom. The first-order valence-corrected chi connectivity index (χ1v) is 9.35. The van der Waals surface area contributed by atoms with E-state index in [0.29, 0.717) is 25.3 Å². The Labute approximate surface area is 162 Å². The molecule has 0 radical (unpaired) electrons. The first-order valence-electron chi connectivity index (χ1n) is 9.35. The van der Waals surface area contributed by atoms with Gasteiger partial charge in [0.15, 0.2) is 5.43 Å². The summed E-state index contributed by atoms with van der Waals surface area (Å²) in [5.41, 5.74) is 1.51. The van der Waals surface area contributed by atoms with Crippen molar-refractivity contribution in [2.75, 3.05) is 19.6 Å². The van der Waals surface area contributed by atoms with Crippen LogP contribution in [-0.4, -0.2) is 57.1 Å². The van der Waals surface area contributed by atoms with E-state index in [0.717, 1.165) is 6.54 Å². The van der Waals surface area contributed by atoms with Crippen molar-refractivity contribution >= 4 is 22.7 Å². The average molecular weight is 378 g/mol. The smallest absolute Gasteiger partial charge is 0.295 e. The molecule has 7 nitrogen and oxygen atoms in total. The van der Waals surface area contributed by atoms with E-state index in [1.807, 2.05) is 25.1 Å². The van der Waals surface area contributed by atoms with Gasteiger partial charge in [0.25, 0.3) is 11.7 Å². The minimum absolute atomic E-state index is 0.0857. The Hall–Kier alpha value is -3.19. The first-order chi connectivity index (χ1) is 13.5. The molecule has 1 fully saturated rings. The molecule has 4 rings (SSSR count). The van der Waals surface area contributed by atoms with E-state index in [2.05, 4.69) is 27.0 Å². The van der Waals surface area contributed by atoms with Crippen LogP contribution in [0, 0.1) is 0 Å². The number of pyridine rings is 1. The Morgan fingerprint density at radius 3 is 2.64 bits per heavy atom. The minimum atomic E-state index is -0.647. The van der Waals surface area contributed by atoms with E-state index < -0.39 is 11.7 Å². The van der Waals surface area contributed by atoms with Gasteiger partial charge in [0.05, 0.1) is 10.9 Å². The van der Waals surface area contributed by atoms with Crippen molar-refractivity contribution in [3.05, 3.63) is 70.1 Å². The van der Waals surface area contributed by atoms with Gasteiger partial charge in [-0.25, -0.2) is 0 Å². The standard InChI is InChI=1S/C21H22N4O3/c1-14-12-24(13-15-5-3-2-4-6-15)9-10-25(14)21(28)19(27)16-11-23-20-18(16)17(26)7-8-22-20/h2-8,11,14H,9-10,12-13H2,1H3,(H2,22,23,26)/t14-/m1/s1. The fourth-order valence-electron chi connectivity index (χ4n) is 3.82. The predicted octanol–water partition coefficient (Wildman–Crippen LogP) is 1.77. The number of carbonyl (C=O) groups excluding carboxylic acids is 2. The summed E-state index contributed by atoms with van der Waals surface area (Å²) in [6, 6.07) is 11.4. The topological polar surface area (TPSA) is 89.3 Å². The summed E-state index contributed by atoms with van der Waals surface area (Å²) < 4.78 is 0. The number of hydrogen-bond acceptors (Lipinski definition) is 4. The quantitative estimate of drug-likeness (QED) is 0.535. The molecule has 28 heavy (non-hydrogen) atoms. The van der Waals surface area contributed by atoms with E-state index in [4.69, 9.17) is 0 Å². The Bertz CT molecular complexity index is 1070. The zero-order valence-corrected chi connectivity index (χ0v) is 15.6. The van der Waals surface area contributed by atoms with Crippen LogP contribution in [0.3, 0.4) is 0 Å². The second kappa shape index (κ2) is 7.44. The highest BCUT2D eigenvalue weighted by Crippen LogP contribution is 2.17. The Morgan fingerprint density at radius 2 is 1.89 bits per heavy atom. The van der Waals surface area contributed by atoms with Crippen LogP contribution in [0.15, 0.2) is 53.6 Å². The molecule has 1 atom stereocenters. The van der Waals surface area contributed by atoms with Crippen molar-refractivity contribution in [2.45, 2.75) is 19.5 Å². The Balaban J connectivity index is 1.48. The lowest BCUT2D eigenvalue weighted by atomic mass is 10.1. The highest BCUT2D eigenvalue weighted by atomic mass is 16.2. The summed E-state index contributed by atoms with van der Waals surface area (Å²) >= 11 is 0. The van der Waals surface area contributed by atoms with Gasteiger partial charge in [0.1, 0.15) is 5.65 Å². The molecule has 1 saturated heterocycles. The van der Waals surface area contributed by atoms with Crippen LogP contribution in [0.4, 0.5) is 0 Å². The average Bonchev–Trinajstić information content (AvgIpc) is 3.13. The van der Waals surface area contributed by atoms with Gasteiger partial charge >= 0.3 is 0 Å². The van der Waals surface area contributed by atoms with Gasteiger partial charge in [0.2, 0.25) is 0 Å². The summed E-state index contributed by atoms with van der Waals surface area (Å²) in [4.78, 5) is 47.4. The fraction of sp³-hybridized carbons (Fsp3) is 0.286. The monoisotopic (exact) mass is 378 g/mol. The zero-order valence-electron chi connectivity index (χ0n) is 15.6. The molecule has 1 aliphatic rings. The van der Waals surface area contributed by atoms with Crippen molar-refractivity contribution in [1.29, 1.82) is 0 Å². The summed E-state index contributed by atoms with van der Waals surface area (Å²) in [6.07, 6.45) is 2.93. The molecule has 0 saturated carbocycles. The van der Waals surface area contributed by atoms with Crippen molar-refractivity contribution in [2.24, 2.45) is 0 Å². The fourth-order valence-corrected chi connectivity index (χ4v) is 3.82. The molecule has 0 aliphatic carbocycles. The number of aromatic amines is 2. The third-order valence-electron chi connectivity index (χ3n) is 5.25.